The summed E-state index contributed by atoms with van der Waals surface area (Å²) in [6.45, 7) is 4.84. The van der Waals surface area contributed by atoms with E-state index in [2.05, 4.69) is 33.8 Å². The highest BCUT2D eigenvalue weighted by Gasteiger charge is 2.31. The van der Waals surface area contributed by atoms with Crippen LogP contribution in [-0.2, 0) is 22.5 Å². The molecule has 8 heteroatoms. The lowest BCUT2D eigenvalue weighted by molar-refractivity contribution is -0.142. The molecule has 1 unspecified atom stereocenters. The molecule has 2 aromatic rings. The van der Waals surface area contributed by atoms with E-state index < -0.39 is 0 Å². The standard InChI is InChI=1S/C23H28N4O3S/c28-22(20-2-1-14-30-20)25-10-12-26(13-11-25)23(29)24-18-3-5-19(6-4-18)27-9-7-21-17(16-27)8-15-31-21/h3-6,8,15,20H,1-2,7,9-14,16H2,(H,24,29). The number of hydrogen-bond donors (Lipinski definition) is 1. The molecule has 0 bridgehead atoms. The monoisotopic (exact) mass is 440 g/mol. The van der Waals surface area contributed by atoms with E-state index in [1.807, 2.05) is 28.4 Å². The number of carbonyl (C=O) groups excluding carboxylic acids is 2. The molecule has 0 saturated carbocycles. The number of hydrogen-bond acceptors (Lipinski definition) is 5. The van der Waals surface area contributed by atoms with E-state index >= 15 is 0 Å². The topological polar surface area (TPSA) is 65.1 Å². The number of piperazine rings is 1. The third-order valence-corrected chi connectivity index (χ3v) is 7.40. The van der Waals surface area contributed by atoms with Crippen LogP contribution in [0.2, 0.25) is 0 Å². The Balaban J connectivity index is 1.12. The maximum Gasteiger partial charge on any atom is 0.321 e. The van der Waals surface area contributed by atoms with Crippen molar-refractivity contribution in [3.63, 3.8) is 0 Å². The van der Waals surface area contributed by atoms with Crippen molar-refractivity contribution in [3.05, 3.63) is 46.2 Å². The molecule has 3 aliphatic rings. The van der Waals surface area contributed by atoms with Crippen LogP contribution in [0.5, 0.6) is 0 Å². The Morgan fingerprint density at radius 2 is 1.77 bits per heavy atom. The largest absolute Gasteiger partial charge is 0.368 e. The predicted molar refractivity (Wildman–Crippen MR) is 122 cm³/mol. The molecule has 7 nitrogen and oxygen atoms in total. The van der Waals surface area contributed by atoms with Gasteiger partial charge in [-0.15, -0.1) is 11.3 Å². The second-order valence-corrected chi connectivity index (χ2v) is 9.33. The first-order chi connectivity index (χ1) is 15.2. The smallest absolute Gasteiger partial charge is 0.321 e. The fourth-order valence-corrected chi connectivity index (χ4v) is 5.42. The number of nitrogens with one attached hydrogen (secondary N) is 1. The third-order valence-electron chi connectivity index (χ3n) is 6.38. The SMILES string of the molecule is O=C(Nc1ccc(N2CCc3sccc3C2)cc1)N1CCN(C(=O)C2CCCO2)CC1. The van der Waals surface area contributed by atoms with E-state index in [4.69, 9.17) is 4.74 Å². The predicted octanol–water partition coefficient (Wildman–Crippen LogP) is 3.17. The van der Waals surface area contributed by atoms with E-state index in [9.17, 15) is 9.59 Å². The fraction of sp³-hybridized carbons (Fsp3) is 0.478. The van der Waals surface area contributed by atoms with Gasteiger partial charge in [0.05, 0.1) is 0 Å². The van der Waals surface area contributed by atoms with Gasteiger partial charge >= 0.3 is 6.03 Å². The number of rotatable bonds is 3. The van der Waals surface area contributed by atoms with Crippen molar-refractivity contribution in [3.8, 4) is 0 Å². The van der Waals surface area contributed by atoms with Crippen LogP contribution in [0.4, 0.5) is 16.2 Å². The zero-order chi connectivity index (χ0) is 21.2. The summed E-state index contributed by atoms with van der Waals surface area (Å²) in [4.78, 5) is 32.6. The molecule has 1 N–H and O–H groups in total. The number of nitrogens with zero attached hydrogens (tertiary/aromatic N) is 3. The number of amides is 3. The number of anilines is 2. The number of fused-ring (bicyclic) bond motifs is 1. The van der Waals surface area contributed by atoms with Gasteiger partial charge in [0, 0.05) is 62.1 Å². The molecule has 2 fully saturated rings. The molecule has 3 amide bonds. The summed E-state index contributed by atoms with van der Waals surface area (Å²) in [6, 6.07) is 10.2. The van der Waals surface area contributed by atoms with Gasteiger partial charge in [0.2, 0.25) is 0 Å². The summed E-state index contributed by atoms with van der Waals surface area (Å²) in [5.41, 5.74) is 3.39. The average molecular weight is 441 g/mol. The molecule has 1 aromatic carbocycles. The Kier molecular flexibility index (Phi) is 5.82. The van der Waals surface area contributed by atoms with Gasteiger partial charge in [0.1, 0.15) is 6.10 Å². The van der Waals surface area contributed by atoms with Gasteiger partial charge in [-0.25, -0.2) is 4.79 Å². The van der Waals surface area contributed by atoms with Crippen LogP contribution in [0, 0.1) is 0 Å². The second kappa shape index (κ2) is 8.88. The molecule has 164 valence electrons. The Morgan fingerprint density at radius 3 is 2.52 bits per heavy atom. The van der Waals surface area contributed by atoms with Crippen molar-refractivity contribution in [2.75, 3.05) is 49.5 Å². The molecule has 5 rings (SSSR count). The normalized spacial score (nSPS) is 21.2. The lowest BCUT2D eigenvalue weighted by Crippen LogP contribution is -2.53. The van der Waals surface area contributed by atoms with Crippen molar-refractivity contribution < 1.29 is 14.3 Å². The maximum atomic E-state index is 12.7. The van der Waals surface area contributed by atoms with Crippen molar-refractivity contribution in [2.24, 2.45) is 0 Å². The van der Waals surface area contributed by atoms with E-state index in [-0.39, 0.29) is 18.0 Å². The first-order valence-corrected chi connectivity index (χ1v) is 11.9. The van der Waals surface area contributed by atoms with Gasteiger partial charge in [-0.2, -0.15) is 0 Å². The van der Waals surface area contributed by atoms with Crippen molar-refractivity contribution in [2.45, 2.75) is 31.9 Å². The highest BCUT2D eigenvalue weighted by molar-refractivity contribution is 7.10. The zero-order valence-electron chi connectivity index (χ0n) is 17.6. The molecule has 1 aromatic heterocycles. The quantitative estimate of drug-likeness (QED) is 0.796. The van der Waals surface area contributed by atoms with E-state index in [0.717, 1.165) is 38.0 Å². The number of thiophene rings is 1. The van der Waals surface area contributed by atoms with E-state index in [1.54, 1.807) is 4.90 Å². The molecule has 0 spiro atoms. The highest BCUT2D eigenvalue weighted by Crippen LogP contribution is 2.28. The summed E-state index contributed by atoms with van der Waals surface area (Å²) >= 11 is 1.85. The minimum absolute atomic E-state index is 0.0698. The number of urea groups is 1. The van der Waals surface area contributed by atoms with Crippen LogP contribution >= 0.6 is 11.3 Å². The Labute approximate surface area is 186 Å². The summed E-state index contributed by atoms with van der Waals surface area (Å²) in [5, 5.41) is 5.17. The molecular formula is C23H28N4O3S. The molecule has 0 radical (unpaired) electrons. The Bertz CT molecular complexity index is 931. The van der Waals surface area contributed by atoms with Crippen LogP contribution < -0.4 is 10.2 Å². The number of ether oxygens (including phenoxy) is 1. The summed E-state index contributed by atoms with van der Waals surface area (Å²) in [7, 11) is 0. The zero-order valence-corrected chi connectivity index (χ0v) is 18.4. The highest BCUT2D eigenvalue weighted by atomic mass is 32.1. The van der Waals surface area contributed by atoms with Crippen molar-refractivity contribution in [1.29, 1.82) is 0 Å². The molecule has 4 heterocycles. The van der Waals surface area contributed by atoms with E-state index in [1.165, 1.54) is 16.1 Å². The molecule has 3 aliphatic heterocycles. The third kappa shape index (κ3) is 4.41. The summed E-state index contributed by atoms with van der Waals surface area (Å²) < 4.78 is 5.50. The minimum atomic E-state index is -0.287. The Hall–Kier alpha value is -2.58. The van der Waals surface area contributed by atoms with Crippen molar-refractivity contribution >= 4 is 34.6 Å². The molecule has 31 heavy (non-hydrogen) atoms. The van der Waals surface area contributed by atoms with Crippen LogP contribution in [0.15, 0.2) is 35.7 Å². The van der Waals surface area contributed by atoms with Crippen LogP contribution in [0.1, 0.15) is 23.3 Å². The van der Waals surface area contributed by atoms with Gasteiger partial charge in [0.25, 0.3) is 5.91 Å². The fourth-order valence-electron chi connectivity index (χ4n) is 4.53. The van der Waals surface area contributed by atoms with Gasteiger partial charge in [-0.05, 0) is 60.5 Å². The lowest BCUT2D eigenvalue weighted by atomic mass is 10.1. The van der Waals surface area contributed by atoms with Gasteiger partial charge in [0.15, 0.2) is 0 Å². The average Bonchev–Trinajstić information content (AvgIpc) is 3.51. The summed E-state index contributed by atoms with van der Waals surface area (Å²) in [5.74, 6) is 0.0698. The minimum Gasteiger partial charge on any atom is -0.368 e. The number of benzene rings is 1. The van der Waals surface area contributed by atoms with Crippen LogP contribution in [-0.4, -0.2) is 67.2 Å². The van der Waals surface area contributed by atoms with E-state index in [0.29, 0.717) is 32.8 Å². The van der Waals surface area contributed by atoms with Crippen LogP contribution in [0.25, 0.3) is 0 Å². The molecule has 2 saturated heterocycles. The Morgan fingerprint density at radius 1 is 1.00 bits per heavy atom. The number of carbonyl (C=O) groups is 2. The lowest BCUT2D eigenvalue weighted by Gasteiger charge is -2.35. The van der Waals surface area contributed by atoms with Crippen molar-refractivity contribution in [1.82, 2.24) is 9.80 Å². The first kappa shape index (κ1) is 20.3. The van der Waals surface area contributed by atoms with Gasteiger partial charge in [-0.1, -0.05) is 0 Å². The first-order valence-electron chi connectivity index (χ1n) is 11.0. The maximum absolute atomic E-state index is 12.7. The molecule has 0 aliphatic carbocycles. The van der Waals surface area contributed by atoms with Gasteiger partial charge < -0.3 is 24.8 Å². The summed E-state index contributed by atoms with van der Waals surface area (Å²) in [6.07, 6.45) is 2.56. The van der Waals surface area contributed by atoms with Gasteiger partial charge in [-0.3, -0.25) is 4.79 Å². The second-order valence-electron chi connectivity index (χ2n) is 8.33. The molecule has 1 atom stereocenters. The molecular weight excluding hydrogens is 412 g/mol. The van der Waals surface area contributed by atoms with Crippen LogP contribution in [0.3, 0.4) is 0 Å².